The van der Waals surface area contributed by atoms with Crippen molar-refractivity contribution in [1.29, 1.82) is 0 Å². The van der Waals surface area contributed by atoms with Crippen LogP contribution in [0.4, 0.5) is 5.69 Å². The van der Waals surface area contributed by atoms with Gasteiger partial charge < -0.3 is 15.4 Å². The Bertz CT molecular complexity index is 574. The van der Waals surface area contributed by atoms with Crippen LogP contribution in [0.5, 0.6) is 0 Å². The number of amides is 2. The lowest BCUT2D eigenvalue weighted by Crippen LogP contribution is -2.45. The van der Waals surface area contributed by atoms with Crippen molar-refractivity contribution in [3.63, 3.8) is 0 Å². The van der Waals surface area contributed by atoms with Gasteiger partial charge in [0.2, 0.25) is 11.8 Å². The van der Waals surface area contributed by atoms with Crippen LogP contribution in [-0.2, 0) is 19.7 Å². The summed E-state index contributed by atoms with van der Waals surface area (Å²) in [6, 6.07) is 7.69. The molecule has 5 heteroatoms. The zero-order chi connectivity index (χ0) is 18.4. The first-order chi connectivity index (χ1) is 11.1. The molecule has 1 aromatic rings. The number of nitrogens with one attached hydrogen (secondary N) is 2. The Kier molecular flexibility index (Phi) is 6.96. The molecule has 0 bridgehead atoms. The highest BCUT2D eigenvalue weighted by Crippen LogP contribution is 2.30. The van der Waals surface area contributed by atoms with Crippen LogP contribution >= 0.6 is 0 Å². The van der Waals surface area contributed by atoms with Crippen LogP contribution in [0, 0.1) is 5.41 Å². The van der Waals surface area contributed by atoms with Crippen molar-refractivity contribution in [3.05, 3.63) is 29.8 Å². The number of carbonyl (C=O) groups excluding carboxylic acids is 2. The summed E-state index contributed by atoms with van der Waals surface area (Å²) in [5, 5.41) is 5.70. The van der Waals surface area contributed by atoms with Crippen LogP contribution in [0.1, 0.15) is 46.6 Å². The van der Waals surface area contributed by atoms with Crippen LogP contribution in [0.25, 0.3) is 0 Å². The summed E-state index contributed by atoms with van der Waals surface area (Å²) in [6.45, 7) is 10.6. The molecule has 0 saturated heterocycles. The highest BCUT2D eigenvalue weighted by atomic mass is 16.5. The molecular weight excluding hydrogens is 304 g/mol. The fraction of sp³-hybridized carbons (Fsp3) is 0.579. The second-order valence-corrected chi connectivity index (χ2v) is 7.48. The predicted molar refractivity (Wildman–Crippen MR) is 97.1 cm³/mol. The summed E-state index contributed by atoms with van der Waals surface area (Å²) in [4.78, 5) is 25.0. The molecule has 0 heterocycles. The molecule has 0 aliphatic rings. The van der Waals surface area contributed by atoms with Gasteiger partial charge in [0.05, 0.1) is 0 Å². The Labute approximate surface area is 145 Å². The zero-order valence-corrected chi connectivity index (χ0v) is 15.7. The molecule has 0 aliphatic heterocycles. The van der Waals surface area contributed by atoms with Crippen molar-refractivity contribution in [3.8, 4) is 0 Å². The minimum Gasteiger partial charge on any atom is -0.385 e. The van der Waals surface area contributed by atoms with E-state index in [1.807, 2.05) is 24.3 Å². The van der Waals surface area contributed by atoms with E-state index in [2.05, 4.69) is 31.4 Å². The van der Waals surface area contributed by atoms with Gasteiger partial charge in [-0.15, -0.1) is 0 Å². The Morgan fingerprint density at radius 3 is 2.25 bits per heavy atom. The van der Waals surface area contributed by atoms with E-state index in [0.29, 0.717) is 19.6 Å². The minimum atomic E-state index is -1.15. The number of anilines is 1. The molecule has 0 aromatic heterocycles. The maximum atomic E-state index is 12.6. The summed E-state index contributed by atoms with van der Waals surface area (Å²) >= 11 is 0. The molecular formula is C19H30N2O3. The normalized spacial score (nSPS) is 11.9. The lowest BCUT2D eigenvalue weighted by atomic mass is 9.85. The summed E-state index contributed by atoms with van der Waals surface area (Å²) in [5.41, 5.74) is 0.527. The maximum Gasteiger partial charge on any atom is 0.239 e. The fourth-order valence-corrected chi connectivity index (χ4v) is 2.27. The first-order valence-corrected chi connectivity index (χ1v) is 8.29. The van der Waals surface area contributed by atoms with Gasteiger partial charge in [-0.1, -0.05) is 39.0 Å². The molecule has 5 nitrogen and oxygen atoms in total. The second kappa shape index (κ2) is 8.29. The van der Waals surface area contributed by atoms with Gasteiger partial charge in [-0.3, -0.25) is 9.59 Å². The quantitative estimate of drug-likeness (QED) is 0.595. The van der Waals surface area contributed by atoms with Crippen molar-refractivity contribution in [2.45, 2.75) is 46.5 Å². The van der Waals surface area contributed by atoms with Gasteiger partial charge >= 0.3 is 0 Å². The van der Waals surface area contributed by atoms with Crippen LogP contribution < -0.4 is 10.6 Å². The fourth-order valence-electron chi connectivity index (χ4n) is 2.27. The summed E-state index contributed by atoms with van der Waals surface area (Å²) in [7, 11) is 1.62. The Hall–Kier alpha value is -1.88. The van der Waals surface area contributed by atoms with Crippen molar-refractivity contribution in [1.82, 2.24) is 5.32 Å². The highest BCUT2D eigenvalue weighted by Gasteiger charge is 2.36. The summed E-state index contributed by atoms with van der Waals surface area (Å²) < 4.78 is 4.95. The van der Waals surface area contributed by atoms with Crippen molar-refractivity contribution < 1.29 is 14.3 Å². The third kappa shape index (κ3) is 5.34. The van der Waals surface area contributed by atoms with Crippen LogP contribution in [0.15, 0.2) is 24.3 Å². The highest BCUT2D eigenvalue weighted by molar-refractivity contribution is 6.10. The van der Waals surface area contributed by atoms with E-state index in [4.69, 9.17) is 4.74 Å². The number of para-hydroxylation sites is 1. The first kappa shape index (κ1) is 20.2. The number of hydrogen-bond donors (Lipinski definition) is 2. The smallest absolute Gasteiger partial charge is 0.239 e. The monoisotopic (exact) mass is 334 g/mol. The van der Waals surface area contributed by atoms with Gasteiger partial charge in [0.15, 0.2) is 0 Å². The van der Waals surface area contributed by atoms with E-state index in [0.717, 1.165) is 11.3 Å². The number of carbonyl (C=O) groups is 2. The van der Waals surface area contributed by atoms with Gasteiger partial charge in [-0.2, -0.15) is 0 Å². The van der Waals surface area contributed by atoms with Crippen molar-refractivity contribution >= 4 is 17.5 Å². The van der Waals surface area contributed by atoms with Gasteiger partial charge in [0.1, 0.15) is 5.41 Å². The van der Waals surface area contributed by atoms with Gasteiger partial charge in [-0.05, 0) is 37.3 Å². The largest absolute Gasteiger partial charge is 0.385 e. The minimum absolute atomic E-state index is 0.101. The molecule has 1 aromatic carbocycles. The zero-order valence-electron chi connectivity index (χ0n) is 15.7. The summed E-state index contributed by atoms with van der Waals surface area (Å²) in [5.74, 6) is -0.604. The van der Waals surface area contributed by atoms with E-state index in [-0.39, 0.29) is 17.2 Å². The molecule has 134 valence electrons. The molecule has 0 unspecified atom stereocenters. The number of rotatable bonds is 7. The Morgan fingerprint density at radius 1 is 1.04 bits per heavy atom. The lowest BCUT2D eigenvalue weighted by molar-refractivity contribution is -0.138. The number of methoxy groups -OCH3 is 1. The average molecular weight is 334 g/mol. The second-order valence-electron chi connectivity index (χ2n) is 7.48. The molecule has 24 heavy (non-hydrogen) atoms. The van der Waals surface area contributed by atoms with E-state index in [1.165, 1.54) is 0 Å². The average Bonchev–Trinajstić information content (AvgIpc) is 2.50. The van der Waals surface area contributed by atoms with Crippen LogP contribution in [0.2, 0.25) is 0 Å². The number of benzene rings is 1. The molecule has 0 fully saturated rings. The Morgan fingerprint density at radius 2 is 1.67 bits per heavy atom. The van der Waals surface area contributed by atoms with Crippen LogP contribution in [-0.4, -0.2) is 32.1 Å². The first-order valence-electron chi connectivity index (χ1n) is 8.29. The summed E-state index contributed by atoms with van der Waals surface area (Å²) in [6.07, 6.45) is 0.715. The number of ether oxygens (including phenoxy) is 1. The maximum absolute atomic E-state index is 12.6. The van der Waals surface area contributed by atoms with E-state index in [1.54, 1.807) is 21.0 Å². The van der Waals surface area contributed by atoms with Crippen molar-refractivity contribution in [2.24, 2.45) is 5.41 Å². The van der Waals surface area contributed by atoms with E-state index < -0.39 is 5.41 Å². The van der Waals surface area contributed by atoms with Crippen molar-refractivity contribution in [2.75, 3.05) is 25.6 Å². The molecule has 1 rings (SSSR count). The SMILES string of the molecule is COCCCNC(=O)C(C)(C)C(=O)Nc1ccccc1C(C)(C)C. The Balaban J connectivity index is 2.81. The standard InChI is InChI=1S/C19H30N2O3/c1-18(2,3)14-10-7-8-11-15(14)21-17(23)19(4,5)16(22)20-12-9-13-24-6/h7-8,10-11H,9,12-13H2,1-6H3,(H,20,22)(H,21,23). The molecule has 2 N–H and O–H groups in total. The molecule has 0 saturated carbocycles. The van der Waals surface area contributed by atoms with E-state index in [9.17, 15) is 9.59 Å². The van der Waals surface area contributed by atoms with E-state index >= 15 is 0 Å². The lowest BCUT2D eigenvalue weighted by Gasteiger charge is -2.26. The third-order valence-electron chi connectivity index (χ3n) is 3.93. The topological polar surface area (TPSA) is 67.4 Å². The van der Waals surface area contributed by atoms with Gasteiger partial charge in [0.25, 0.3) is 0 Å². The third-order valence-corrected chi connectivity index (χ3v) is 3.93. The molecule has 0 spiro atoms. The van der Waals surface area contributed by atoms with Gasteiger partial charge in [0, 0.05) is 25.9 Å². The van der Waals surface area contributed by atoms with Gasteiger partial charge in [-0.25, -0.2) is 0 Å². The molecule has 0 atom stereocenters. The molecule has 0 aliphatic carbocycles. The molecule has 2 amide bonds. The molecule has 0 radical (unpaired) electrons. The predicted octanol–water partition coefficient (Wildman–Crippen LogP) is 3.10. The number of hydrogen-bond acceptors (Lipinski definition) is 3. The van der Waals surface area contributed by atoms with Crippen LogP contribution in [0.3, 0.4) is 0 Å².